The smallest absolute Gasteiger partial charge is 0.343 e. The van der Waals surface area contributed by atoms with Gasteiger partial charge < -0.3 is 10.1 Å². The molecule has 2 aromatic carbocycles. The van der Waals surface area contributed by atoms with E-state index in [0.29, 0.717) is 17.0 Å². The number of hydrogen-bond acceptors (Lipinski definition) is 3. The van der Waals surface area contributed by atoms with Crippen LogP contribution in [0.1, 0.15) is 17.3 Å². The van der Waals surface area contributed by atoms with Crippen LogP contribution < -0.4 is 10.1 Å². The summed E-state index contributed by atoms with van der Waals surface area (Å²) < 4.78 is 5.21. The zero-order valence-electron chi connectivity index (χ0n) is 10.4. The van der Waals surface area contributed by atoms with Crippen LogP contribution in [0.4, 0.5) is 5.69 Å². The minimum atomic E-state index is -0.460. The van der Waals surface area contributed by atoms with Gasteiger partial charge in [-0.1, -0.05) is 24.3 Å². The Morgan fingerprint density at radius 2 is 1.74 bits per heavy atom. The fraction of sp³-hybridized carbons (Fsp3) is 0.0667. The molecular formula is C15H13NO3. The van der Waals surface area contributed by atoms with Crippen molar-refractivity contribution in [2.24, 2.45) is 0 Å². The fourth-order valence-electron chi connectivity index (χ4n) is 1.58. The van der Waals surface area contributed by atoms with Crippen molar-refractivity contribution in [3.63, 3.8) is 0 Å². The molecule has 0 fully saturated rings. The minimum Gasteiger partial charge on any atom is -0.423 e. The van der Waals surface area contributed by atoms with E-state index in [0.717, 1.165) is 0 Å². The lowest BCUT2D eigenvalue weighted by Gasteiger charge is -2.06. The fourth-order valence-corrected chi connectivity index (χ4v) is 1.58. The Morgan fingerprint density at radius 1 is 1.00 bits per heavy atom. The molecule has 0 bridgehead atoms. The molecule has 0 radical (unpaired) electrons. The molecule has 0 aliphatic rings. The van der Waals surface area contributed by atoms with Gasteiger partial charge in [0.05, 0.1) is 5.56 Å². The van der Waals surface area contributed by atoms with Crippen molar-refractivity contribution in [2.75, 3.05) is 5.32 Å². The number of para-hydroxylation sites is 1. The first-order chi connectivity index (χ1) is 9.15. The van der Waals surface area contributed by atoms with Crippen LogP contribution in [-0.2, 0) is 4.79 Å². The van der Waals surface area contributed by atoms with Gasteiger partial charge >= 0.3 is 5.97 Å². The second kappa shape index (κ2) is 5.82. The molecule has 0 aliphatic heterocycles. The SMILES string of the molecule is CC(=O)Nc1cccc(C(=O)Oc2ccccc2)c1. The van der Waals surface area contributed by atoms with E-state index < -0.39 is 5.97 Å². The van der Waals surface area contributed by atoms with E-state index in [2.05, 4.69) is 5.32 Å². The first-order valence-electron chi connectivity index (χ1n) is 5.80. The molecular weight excluding hydrogens is 242 g/mol. The lowest BCUT2D eigenvalue weighted by atomic mass is 10.2. The molecule has 4 heteroatoms. The number of nitrogens with one attached hydrogen (secondary N) is 1. The van der Waals surface area contributed by atoms with Crippen LogP contribution >= 0.6 is 0 Å². The molecule has 0 heterocycles. The number of rotatable bonds is 3. The van der Waals surface area contributed by atoms with Crippen LogP contribution in [0.2, 0.25) is 0 Å². The van der Waals surface area contributed by atoms with E-state index in [4.69, 9.17) is 4.74 Å². The molecule has 4 nitrogen and oxygen atoms in total. The summed E-state index contributed by atoms with van der Waals surface area (Å²) in [4.78, 5) is 22.9. The van der Waals surface area contributed by atoms with Gasteiger partial charge in [0.1, 0.15) is 5.75 Å². The number of benzene rings is 2. The summed E-state index contributed by atoms with van der Waals surface area (Å²) in [7, 11) is 0. The van der Waals surface area contributed by atoms with E-state index in [-0.39, 0.29) is 5.91 Å². The summed E-state index contributed by atoms with van der Waals surface area (Å²) >= 11 is 0. The molecule has 1 N–H and O–H groups in total. The van der Waals surface area contributed by atoms with Crippen molar-refractivity contribution in [2.45, 2.75) is 6.92 Å². The first-order valence-corrected chi connectivity index (χ1v) is 5.80. The first kappa shape index (κ1) is 12.8. The molecule has 96 valence electrons. The molecule has 1 amide bonds. The summed E-state index contributed by atoms with van der Waals surface area (Å²) in [6, 6.07) is 15.4. The third kappa shape index (κ3) is 3.67. The quantitative estimate of drug-likeness (QED) is 0.677. The number of amides is 1. The molecule has 0 spiro atoms. The highest BCUT2D eigenvalue weighted by Gasteiger charge is 2.09. The van der Waals surface area contributed by atoms with Gasteiger partial charge in [0.15, 0.2) is 0 Å². The average Bonchev–Trinajstić information content (AvgIpc) is 2.39. The molecule has 0 unspecified atom stereocenters. The van der Waals surface area contributed by atoms with Crippen molar-refractivity contribution in [3.05, 3.63) is 60.2 Å². The summed E-state index contributed by atoms with van der Waals surface area (Å²) in [6.45, 7) is 1.41. The van der Waals surface area contributed by atoms with E-state index in [1.54, 1.807) is 48.5 Å². The Bertz CT molecular complexity index is 593. The largest absolute Gasteiger partial charge is 0.423 e. The zero-order chi connectivity index (χ0) is 13.7. The molecule has 19 heavy (non-hydrogen) atoms. The number of carbonyl (C=O) groups is 2. The summed E-state index contributed by atoms with van der Waals surface area (Å²) in [5.41, 5.74) is 0.949. The Hall–Kier alpha value is -2.62. The van der Waals surface area contributed by atoms with Crippen molar-refractivity contribution in [3.8, 4) is 5.75 Å². The van der Waals surface area contributed by atoms with Gasteiger partial charge in [-0.2, -0.15) is 0 Å². The third-order valence-corrected chi connectivity index (χ3v) is 2.37. The van der Waals surface area contributed by atoms with Gasteiger partial charge in [-0.3, -0.25) is 4.79 Å². The maximum Gasteiger partial charge on any atom is 0.343 e. The predicted octanol–water partition coefficient (Wildman–Crippen LogP) is 2.86. The molecule has 2 rings (SSSR count). The van der Waals surface area contributed by atoms with Gasteiger partial charge in [-0.05, 0) is 30.3 Å². The average molecular weight is 255 g/mol. The van der Waals surface area contributed by atoms with Crippen molar-refractivity contribution in [1.82, 2.24) is 0 Å². The Morgan fingerprint density at radius 3 is 2.42 bits per heavy atom. The Balaban J connectivity index is 2.13. The topological polar surface area (TPSA) is 55.4 Å². The second-order valence-corrected chi connectivity index (χ2v) is 3.96. The van der Waals surface area contributed by atoms with Crippen LogP contribution in [0.5, 0.6) is 5.75 Å². The lowest BCUT2D eigenvalue weighted by molar-refractivity contribution is -0.114. The Labute approximate surface area is 111 Å². The highest BCUT2D eigenvalue weighted by atomic mass is 16.5. The maximum atomic E-state index is 11.9. The van der Waals surface area contributed by atoms with Crippen LogP contribution in [-0.4, -0.2) is 11.9 Å². The minimum absolute atomic E-state index is 0.187. The van der Waals surface area contributed by atoms with Crippen molar-refractivity contribution < 1.29 is 14.3 Å². The molecule has 0 saturated carbocycles. The van der Waals surface area contributed by atoms with Crippen molar-refractivity contribution >= 4 is 17.6 Å². The third-order valence-electron chi connectivity index (χ3n) is 2.37. The normalized spacial score (nSPS) is 9.74. The number of anilines is 1. The Kier molecular flexibility index (Phi) is 3.93. The van der Waals surface area contributed by atoms with Gasteiger partial charge in [0, 0.05) is 12.6 Å². The summed E-state index contributed by atoms with van der Waals surface area (Å²) in [5, 5.41) is 2.62. The number of esters is 1. The highest BCUT2D eigenvalue weighted by Crippen LogP contribution is 2.15. The van der Waals surface area contributed by atoms with Crippen LogP contribution in [0.25, 0.3) is 0 Å². The number of hydrogen-bond donors (Lipinski definition) is 1. The number of ether oxygens (including phenoxy) is 1. The zero-order valence-corrected chi connectivity index (χ0v) is 10.4. The van der Waals surface area contributed by atoms with Gasteiger partial charge in [-0.15, -0.1) is 0 Å². The van der Waals surface area contributed by atoms with E-state index in [9.17, 15) is 9.59 Å². The number of carbonyl (C=O) groups excluding carboxylic acids is 2. The molecule has 0 aromatic heterocycles. The molecule has 2 aromatic rings. The monoisotopic (exact) mass is 255 g/mol. The van der Waals surface area contributed by atoms with E-state index in [1.165, 1.54) is 6.92 Å². The summed E-state index contributed by atoms with van der Waals surface area (Å²) in [5.74, 6) is -0.163. The highest BCUT2D eigenvalue weighted by molar-refractivity contribution is 5.94. The standard InChI is InChI=1S/C15H13NO3/c1-11(17)16-13-7-5-6-12(10-13)15(18)19-14-8-3-2-4-9-14/h2-10H,1H3,(H,16,17). The summed E-state index contributed by atoms with van der Waals surface area (Å²) in [6.07, 6.45) is 0. The molecule has 0 saturated heterocycles. The van der Waals surface area contributed by atoms with Gasteiger partial charge in [-0.25, -0.2) is 4.79 Å². The van der Waals surface area contributed by atoms with E-state index >= 15 is 0 Å². The maximum absolute atomic E-state index is 11.9. The van der Waals surface area contributed by atoms with Crippen LogP contribution in [0, 0.1) is 0 Å². The molecule has 0 aliphatic carbocycles. The lowest BCUT2D eigenvalue weighted by Crippen LogP contribution is -2.10. The van der Waals surface area contributed by atoms with Crippen LogP contribution in [0.3, 0.4) is 0 Å². The second-order valence-electron chi connectivity index (χ2n) is 3.96. The van der Waals surface area contributed by atoms with Gasteiger partial charge in [0.2, 0.25) is 5.91 Å². The van der Waals surface area contributed by atoms with Crippen molar-refractivity contribution in [1.29, 1.82) is 0 Å². The van der Waals surface area contributed by atoms with Gasteiger partial charge in [0.25, 0.3) is 0 Å². The predicted molar refractivity (Wildman–Crippen MR) is 72.1 cm³/mol. The molecule has 0 atom stereocenters. The van der Waals surface area contributed by atoms with Crippen LogP contribution in [0.15, 0.2) is 54.6 Å². The van der Waals surface area contributed by atoms with E-state index in [1.807, 2.05) is 6.07 Å².